The third kappa shape index (κ3) is 5.26. The lowest BCUT2D eigenvalue weighted by molar-refractivity contribution is 0.660. The van der Waals surface area contributed by atoms with Crippen molar-refractivity contribution in [3.8, 4) is 22.3 Å². The van der Waals surface area contributed by atoms with E-state index in [1.54, 1.807) is 0 Å². The van der Waals surface area contributed by atoms with Gasteiger partial charge in [0.1, 0.15) is 5.84 Å². The van der Waals surface area contributed by atoms with E-state index in [9.17, 15) is 0 Å². The summed E-state index contributed by atoms with van der Waals surface area (Å²) in [7, 11) is 1.84. The average Bonchev–Trinajstić information content (AvgIpc) is 3.50. The van der Waals surface area contributed by atoms with Gasteiger partial charge in [-0.3, -0.25) is 5.41 Å². The van der Waals surface area contributed by atoms with E-state index >= 15 is 0 Å². The van der Waals surface area contributed by atoms with Crippen molar-refractivity contribution in [3.63, 3.8) is 0 Å². The Labute approximate surface area is 294 Å². The predicted molar refractivity (Wildman–Crippen MR) is 210 cm³/mol. The van der Waals surface area contributed by atoms with Gasteiger partial charge in [0.25, 0.3) is 0 Å². The molecule has 6 aromatic carbocycles. The summed E-state index contributed by atoms with van der Waals surface area (Å²) in [6.07, 6.45) is 0. The molecule has 0 radical (unpaired) electrons. The zero-order valence-corrected chi connectivity index (χ0v) is 29.1. The van der Waals surface area contributed by atoms with E-state index < -0.39 is 0 Å². The first-order valence-electron chi connectivity index (χ1n) is 17.2. The van der Waals surface area contributed by atoms with Gasteiger partial charge in [0.05, 0.1) is 0 Å². The number of anilines is 4. The quantitative estimate of drug-likeness (QED) is 0.107. The van der Waals surface area contributed by atoms with Gasteiger partial charge < -0.3 is 16.0 Å². The van der Waals surface area contributed by atoms with Crippen molar-refractivity contribution in [1.82, 2.24) is 5.32 Å². The van der Waals surface area contributed by atoms with Crippen LogP contribution in [0.1, 0.15) is 61.1 Å². The number of nitrogens with zero attached hydrogens (tertiary/aromatic N) is 1. The van der Waals surface area contributed by atoms with Crippen molar-refractivity contribution in [2.24, 2.45) is 4.99 Å². The van der Waals surface area contributed by atoms with E-state index in [0.717, 1.165) is 33.9 Å². The second-order valence-corrected chi connectivity index (χ2v) is 14.3. The summed E-state index contributed by atoms with van der Waals surface area (Å²) in [5.74, 6) is 0.837. The van der Waals surface area contributed by atoms with Crippen LogP contribution in [0.3, 0.4) is 0 Å². The normalized spacial score (nSPS) is 14.6. The van der Waals surface area contributed by atoms with Crippen LogP contribution in [0.5, 0.6) is 0 Å². The molecule has 246 valence electrons. The van der Waals surface area contributed by atoms with Crippen LogP contribution in [0.15, 0.2) is 138 Å². The summed E-state index contributed by atoms with van der Waals surface area (Å²) in [4.78, 5) is 4.66. The molecule has 0 aliphatic heterocycles. The monoisotopic (exact) mass is 651 g/mol. The molecule has 0 aromatic heterocycles. The summed E-state index contributed by atoms with van der Waals surface area (Å²) in [6, 6.07) is 46.7. The smallest absolute Gasteiger partial charge is 0.154 e. The van der Waals surface area contributed by atoms with Gasteiger partial charge in [0, 0.05) is 51.8 Å². The molecule has 0 atom stereocenters. The molecule has 5 nitrogen and oxygen atoms in total. The van der Waals surface area contributed by atoms with Gasteiger partial charge in [0.15, 0.2) is 5.84 Å². The van der Waals surface area contributed by atoms with Gasteiger partial charge in [-0.05, 0) is 117 Å². The fourth-order valence-electron chi connectivity index (χ4n) is 7.76. The van der Waals surface area contributed by atoms with Gasteiger partial charge in [0.2, 0.25) is 0 Å². The SMILES string of the molecule is CNC(=NC(=N)c1ccc(Nc2ccc3c(c2)C(C)(C)c2ccccc2-3)cc1)c1ccc(Nc2ccc3c(c2)C(C)(C)c2ccccc2-3)cc1. The Hall–Kier alpha value is -5.94. The third-order valence-electron chi connectivity index (χ3n) is 10.5. The predicted octanol–water partition coefficient (Wildman–Crippen LogP) is 10.8. The van der Waals surface area contributed by atoms with Crippen LogP contribution >= 0.6 is 0 Å². The Morgan fingerprint density at radius 3 is 1.34 bits per heavy atom. The molecule has 5 heteroatoms. The lowest BCUT2D eigenvalue weighted by Gasteiger charge is -2.22. The van der Waals surface area contributed by atoms with Crippen LogP contribution in [0.2, 0.25) is 0 Å². The maximum Gasteiger partial charge on any atom is 0.154 e. The first kappa shape index (κ1) is 31.3. The fraction of sp³-hybridized carbons (Fsp3) is 0.156. The van der Waals surface area contributed by atoms with E-state index in [1.165, 1.54) is 44.5 Å². The fourth-order valence-corrected chi connectivity index (χ4v) is 7.76. The van der Waals surface area contributed by atoms with Crippen molar-refractivity contribution < 1.29 is 0 Å². The molecular formula is C45H41N5. The summed E-state index contributed by atoms with van der Waals surface area (Å²) >= 11 is 0. The second kappa shape index (κ2) is 11.9. The lowest BCUT2D eigenvalue weighted by atomic mass is 9.82. The third-order valence-corrected chi connectivity index (χ3v) is 10.5. The molecule has 0 heterocycles. The molecule has 6 aromatic rings. The summed E-state index contributed by atoms with van der Waals surface area (Å²) in [5.41, 5.74) is 16.3. The molecule has 0 saturated heterocycles. The number of hydrogen-bond acceptors (Lipinski definition) is 3. The Balaban J connectivity index is 0.943. The minimum atomic E-state index is -0.0461. The summed E-state index contributed by atoms with van der Waals surface area (Å²) in [6.45, 7) is 9.18. The number of benzene rings is 6. The molecule has 4 N–H and O–H groups in total. The highest BCUT2D eigenvalue weighted by atomic mass is 15.0. The molecule has 0 fully saturated rings. The summed E-state index contributed by atoms with van der Waals surface area (Å²) in [5, 5.41) is 19.1. The largest absolute Gasteiger partial charge is 0.373 e. The Morgan fingerprint density at radius 1 is 0.480 bits per heavy atom. The van der Waals surface area contributed by atoms with Crippen LogP contribution < -0.4 is 16.0 Å². The molecular weight excluding hydrogens is 611 g/mol. The highest BCUT2D eigenvalue weighted by Crippen LogP contribution is 2.50. The molecule has 0 unspecified atom stereocenters. The number of aliphatic imine (C=N–C) groups is 1. The van der Waals surface area contributed by atoms with Gasteiger partial charge >= 0.3 is 0 Å². The first-order chi connectivity index (χ1) is 24.1. The number of hydrogen-bond donors (Lipinski definition) is 4. The number of fused-ring (bicyclic) bond motifs is 6. The highest BCUT2D eigenvalue weighted by molar-refractivity contribution is 6.10. The van der Waals surface area contributed by atoms with E-state index in [2.05, 4.69) is 146 Å². The molecule has 2 aliphatic rings. The van der Waals surface area contributed by atoms with Crippen molar-refractivity contribution in [1.29, 1.82) is 5.41 Å². The summed E-state index contributed by atoms with van der Waals surface area (Å²) < 4.78 is 0. The van der Waals surface area contributed by atoms with Gasteiger partial charge in [-0.25, -0.2) is 4.99 Å². The van der Waals surface area contributed by atoms with Gasteiger partial charge in [-0.1, -0.05) is 88.4 Å². The zero-order valence-electron chi connectivity index (χ0n) is 29.1. The maximum absolute atomic E-state index is 8.77. The molecule has 0 saturated carbocycles. The molecule has 0 bridgehead atoms. The van der Waals surface area contributed by atoms with E-state index in [0.29, 0.717) is 5.84 Å². The van der Waals surface area contributed by atoms with Crippen LogP contribution in [-0.4, -0.2) is 18.7 Å². The minimum Gasteiger partial charge on any atom is -0.373 e. The number of rotatable bonds is 6. The van der Waals surface area contributed by atoms with Crippen LogP contribution in [-0.2, 0) is 10.8 Å². The zero-order chi connectivity index (χ0) is 34.6. The second-order valence-electron chi connectivity index (χ2n) is 14.3. The lowest BCUT2D eigenvalue weighted by Crippen LogP contribution is -2.21. The van der Waals surface area contributed by atoms with Crippen LogP contribution in [0, 0.1) is 5.41 Å². The minimum absolute atomic E-state index is 0.0416. The first-order valence-corrected chi connectivity index (χ1v) is 17.2. The van der Waals surface area contributed by atoms with Crippen LogP contribution in [0.25, 0.3) is 22.3 Å². The van der Waals surface area contributed by atoms with Crippen LogP contribution in [0.4, 0.5) is 22.7 Å². The Morgan fingerprint density at radius 2 is 0.880 bits per heavy atom. The van der Waals surface area contributed by atoms with Crippen molar-refractivity contribution in [2.75, 3.05) is 17.7 Å². The molecule has 8 rings (SSSR count). The van der Waals surface area contributed by atoms with Crippen molar-refractivity contribution >= 4 is 34.4 Å². The van der Waals surface area contributed by atoms with E-state index in [-0.39, 0.29) is 16.7 Å². The standard InChI is InChI=1S/C45H41N5/c1-44(2)38-12-8-6-10-34(38)36-24-22-32(26-40(36)44)48-30-18-14-28(15-19-30)42(46)50-43(47-5)29-16-20-31(21-17-29)49-33-23-25-37-35-11-7-9-13-39(35)45(3,4)41(37)27-33/h6-27,48-49H,1-5H3,(H2,46,47,50). The van der Waals surface area contributed by atoms with E-state index in [1.807, 2.05) is 43.4 Å². The molecule has 0 spiro atoms. The maximum atomic E-state index is 8.77. The Bertz CT molecular complexity index is 2310. The van der Waals surface area contributed by atoms with E-state index in [4.69, 9.17) is 5.41 Å². The number of amidine groups is 2. The van der Waals surface area contributed by atoms with Gasteiger partial charge in [-0.2, -0.15) is 0 Å². The molecule has 0 amide bonds. The van der Waals surface area contributed by atoms with Crippen molar-refractivity contribution in [2.45, 2.75) is 38.5 Å². The molecule has 50 heavy (non-hydrogen) atoms. The number of nitrogens with one attached hydrogen (secondary N) is 4. The highest BCUT2D eigenvalue weighted by Gasteiger charge is 2.36. The van der Waals surface area contributed by atoms with Crippen molar-refractivity contribution in [3.05, 3.63) is 167 Å². The average molecular weight is 652 g/mol. The molecule has 2 aliphatic carbocycles. The van der Waals surface area contributed by atoms with Gasteiger partial charge in [-0.15, -0.1) is 0 Å². The Kier molecular flexibility index (Phi) is 7.45. The topological polar surface area (TPSA) is 72.3 Å².